The summed E-state index contributed by atoms with van der Waals surface area (Å²) in [5, 5.41) is 0. The Morgan fingerprint density at radius 3 is 2.85 bits per heavy atom. The molecule has 26 heavy (non-hydrogen) atoms. The Morgan fingerprint density at radius 2 is 2.12 bits per heavy atom. The van der Waals surface area contributed by atoms with Crippen molar-refractivity contribution in [2.45, 2.75) is 43.2 Å². The number of amides is 1. The third-order valence-electron chi connectivity index (χ3n) is 5.19. The average molecular weight is 381 g/mol. The Kier molecular flexibility index (Phi) is 5.96. The zero-order valence-electron chi connectivity index (χ0n) is 15.2. The molecule has 8 heteroatoms. The van der Waals surface area contributed by atoms with Gasteiger partial charge in [-0.05, 0) is 42.5 Å². The Labute approximate surface area is 155 Å². The molecule has 7 nitrogen and oxygen atoms in total. The SMILES string of the molecule is COC[C@H]1CCCN1S(=O)(=O)c1ccc2c(c1)CN(C(=O)CCN)CC2. The Bertz CT molecular complexity index is 766. The summed E-state index contributed by atoms with van der Waals surface area (Å²) in [5.41, 5.74) is 7.49. The van der Waals surface area contributed by atoms with Gasteiger partial charge in [-0.3, -0.25) is 4.79 Å². The number of methoxy groups -OCH3 is 1. The summed E-state index contributed by atoms with van der Waals surface area (Å²) in [7, 11) is -1.97. The molecule has 1 fully saturated rings. The van der Waals surface area contributed by atoms with Crippen LogP contribution in [0.15, 0.2) is 23.1 Å². The van der Waals surface area contributed by atoms with Crippen LogP contribution in [0.3, 0.4) is 0 Å². The fourth-order valence-electron chi connectivity index (χ4n) is 3.81. The molecule has 0 spiro atoms. The number of sulfonamides is 1. The van der Waals surface area contributed by atoms with Crippen molar-refractivity contribution in [1.82, 2.24) is 9.21 Å². The van der Waals surface area contributed by atoms with Crippen molar-refractivity contribution in [2.24, 2.45) is 5.73 Å². The van der Waals surface area contributed by atoms with Gasteiger partial charge in [-0.15, -0.1) is 0 Å². The van der Waals surface area contributed by atoms with Crippen molar-refractivity contribution in [2.75, 3.05) is 33.4 Å². The van der Waals surface area contributed by atoms with Crippen LogP contribution in [-0.2, 0) is 32.5 Å². The van der Waals surface area contributed by atoms with E-state index in [-0.39, 0.29) is 11.9 Å². The molecule has 1 saturated heterocycles. The lowest BCUT2D eigenvalue weighted by atomic mass is 9.99. The molecule has 1 aromatic rings. The van der Waals surface area contributed by atoms with E-state index in [1.807, 2.05) is 6.07 Å². The first-order valence-corrected chi connectivity index (χ1v) is 10.5. The maximum Gasteiger partial charge on any atom is 0.243 e. The molecule has 1 atom stereocenters. The molecule has 1 aromatic carbocycles. The number of carbonyl (C=O) groups is 1. The quantitative estimate of drug-likeness (QED) is 0.784. The van der Waals surface area contributed by atoms with Crippen LogP contribution in [0.25, 0.3) is 0 Å². The van der Waals surface area contributed by atoms with Crippen molar-refractivity contribution in [3.63, 3.8) is 0 Å². The summed E-state index contributed by atoms with van der Waals surface area (Å²) in [4.78, 5) is 14.2. The van der Waals surface area contributed by atoms with Crippen molar-refractivity contribution >= 4 is 15.9 Å². The highest BCUT2D eigenvalue weighted by atomic mass is 32.2. The topological polar surface area (TPSA) is 92.9 Å². The third-order valence-corrected chi connectivity index (χ3v) is 7.14. The van der Waals surface area contributed by atoms with Gasteiger partial charge < -0.3 is 15.4 Å². The van der Waals surface area contributed by atoms with Gasteiger partial charge in [0.2, 0.25) is 15.9 Å². The summed E-state index contributed by atoms with van der Waals surface area (Å²) >= 11 is 0. The third kappa shape index (κ3) is 3.78. The molecule has 2 aliphatic rings. The second kappa shape index (κ2) is 8.04. The summed E-state index contributed by atoms with van der Waals surface area (Å²) in [5.74, 6) is 0.0195. The van der Waals surface area contributed by atoms with E-state index in [1.54, 1.807) is 28.4 Å². The minimum Gasteiger partial charge on any atom is -0.383 e. The van der Waals surface area contributed by atoms with E-state index in [0.29, 0.717) is 44.1 Å². The van der Waals surface area contributed by atoms with E-state index >= 15 is 0 Å². The number of hydrogen-bond donors (Lipinski definition) is 1. The second-order valence-electron chi connectivity index (χ2n) is 6.90. The van der Waals surface area contributed by atoms with Crippen molar-refractivity contribution in [3.05, 3.63) is 29.3 Å². The lowest BCUT2D eigenvalue weighted by Crippen LogP contribution is -2.39. The number of rotatable bonds is 6. The zero-order valence-corrected chi connectivity index (χ0v) is 16.0. The second-order valence-corrected chi connectivity index (χ2v) is 8.79. The normalized spacial score (nSPS) is 21.0. The number of benzene rings is 1. The Balaban J connectivity index is 1.84. The minimum atomic E-state index is -3.56. The lowest BCUT2D eigenvalue weighted by molar-refractivity contribution is -0.131. The van der Waals surface area contributed by atoms with Gasteiger partial charge in [0.15, 0.2) is 0 Å². The molecule has 0 radical (unpaired) electrons. The maximum absolute atomic E-state index is 13.1. The van der Waals surface area contributed by atoms with Crippen LogP contribution in [0.2, 0.25) is 0 Å². The van der Waals surface area contributed by atoms with Gasteiger partial charge in [-0.1, -0.05) is 6.07 Å². The van der Waals surface area contributed by atoms with E-state index in [9.17, 15) is 13.2 Å². The predicted octanol–water partition coefficient (Wildman–Crippen LogP) is 0.720. The molecule has 0 aromatic heterocycles. The number of nitrogens with zero attached hydrogens (tertiary/aromatic N) is 2. The fraction of sp³-hybridized carbons (Fsp3) is 0.611. The van der Waals surface area contributed by atoms with Crippen LogP contribution >= 0.6 is 0 Å². The zero-order chi connectivity index (χ0) is 18.7. The molecule has 0 saturated carbocycles. The Hall–Kier alpha value is -1.48. The van der Waals surface area contributed by atoms with E-state index in [1.165, 1.54) is 0 Å². The van der Waals surface area contributed by atoms with Gasteiger partial charge in [0.1, 0.15) is 0 Å². The smallest absolute Gasteiger partial charge is 0.243 e. The molecule has 0 bridgehead atoms. The summed E-state index contributed by atoms with van der Waals surface area (Å²) < 4.78 is 32.9. The largest absolute Gasteiger partial charge is 0.383 e. The molecular weight excluding hydrogens is 354 g/mol. The summed E-state index contributed by atoms with van der Waals surface area (Å²) in [6.07, 6.45) is 2.72. The molecule has 2 aliphatic heterocycles. The first-order chi connectivity index (χ1) is 12.5. The summed E-state index contributed by atoms with van der Waals surface area (Å²) in [6.45, 7) is 2.35. The highest BCUT2D eigenvalue weighted by Crippen LogP contribution is 2.29. The van der Waals surface area contributed by atoms with Gasteiger partial charge >= 0.3 is 0 Å². The predicted molar refractivity (Wildman–Crippen MR) is 98.0 cm³/mol. The van der Waals surface area contributed by atoms with E-state index in [4.69, 9.17) is 10.5 Å². The van der Waals surface area contributed by atoms with Crippen LogP contribution in [0.1, 0.15) is 30.4 Å². The van der Waals surface area contributed by atoms with Gasteiger partial charge in [-0.2, -0.15) is 4.31 Å². The average Bonchev–Trinajstić information content (AvgIpc) is 3.10. The van der Waals surface area contributed by atoms with E-state index in [2.05, 4.69) is 0 Å². The molecule has 144 valence electrons. The highest BCUT2D eigenvalue weighted by Gasteiger charge is 2.35. The molecule has 2 N–H and O–H groups in total. The molecule has 1 amide bonds. The standard InChI is InChI=1S/C18H27N3O4S/c1-25-13-16-3-2-9-21(16)26(23,24)17-5-4-14-7-10-20(12-15(14)11-17)18(22)6-8-19/h4-5,11,16H,2-3,6-10,12-13,19H2,1H3/t16-/m1/s1. The molecular formula is C18H27N3O4S. The van der Waals surface area contributed by atoms with E-state index in [0.717, 1.165) is 30.4 Å². The number of nitrogens with two attached hydrogens (primary N) is 1. The van der Waals surface area contributed by atoms with Crippen molar-refractivity contribution in [1.29, 1.82) is 0 Å². The molecule has 3 rings (SSSR count). The van der Waals surface area contributed by atoms with Crippen molar-refractivity contribution in [3.8, 4) is 0 Å². The van der Waals surface area contributed by atoms with Crippen molar-refractivity contribution < 1.29 is 17.9 Å². The lowest BCUT2D eigenvalue weighted by Gasteiger charge is -2.30. The van der Waals surface area contributed by atoms with Gasteiger partial charge in [0, 0.05) is 45.8 Å². The maximum atomic E-state index is 13.1. The number of hydrogen-bond acceptors (Lipinski definition) is 5. The first kappa shape index (κ1) is 19.3. The van der Waals surface area contributed by atoms with Crippen LogP contribution in [0, 0.1) is 0 Å². The highest BCUT2D eigenvalue weighted by molar-refractivity contribution is 7.89. The van der Waals surface area contributed by atoms with E-state index < -0.39 is 10.0 Å². The van der Waals surface area contributed by atoms with Crippen LogP contribution in [0.5, 0.6) is 0 Å². The fourth-order valence-corrected chi connectivity index (χ4v) is 5.54. The monoisotopic (exact) mass is 381 g/mol. The number of ether oxygens (including phenoxy) is 1. The van der Waals surface area contributed by atoms with Gasteiger partial charge in [0.05, 0.1) is 11.5 Å². The van der Waals surface area contributed by atoms with Gasteiger partial charge in [0.25, 0.3) is 0 Å². The summed E-state index contributed by atoms with van der Waals surface area (Å²) in [6, 6.07) is 5.19. The Morgan fingerprint density at radius 1 is 1.31 bits per heavy atom. The number of carbonyl (C=O) groups excluding carboxylic acids is 1. The van der Waals surface area contributed by atoms with Crippen LogP contribution in [0.4, 0.5) is 0 Å². The first-order valence-electron chi connectivity index (χ1n) is 9.08. The van der Waals surface area contributed by atoms with Crippen LogP contribution in [-0.4, -0.2) is 62.9 Å². The minimum absolute atomic E-state index is 0.0195. The molecule has 0 unspecified atom stereocenters. The van der Waals surface area contributed by atoms with Crippen LogP contribution < -0.4 is 5.73 Å². The van der Waals surface area contributed by atoms with Gasteiger partial charge in [-0.25, -0.2) is 8.42 Å². The molecule has 2 heterocycles. The molecule has 0 aliphatic carbocycles. The number of fused-ring (bicyclic) bond motifs is 1.